The fraction of sp³-hybridized carbons (Fsp3) is 0.423. The molecule has 5 rings (SSSR count). The van der Waals surface area contributed by atoms with E-state index in [9.17, 15) is 14.4 Å². The van der Waals surface area contributed by atoms with E-state index in [1.54, 1.807) is 0 Å². The van der Waals surface area contributed by atoms with Crippen LogP contribution in [0.15, 0.2) is 48.7 Å². The summed E-state index contributed by atoms with van der Waals surface area (Å²) in [6.45, 7) is 6.08. The molecule has 2 aliphatic heterocycles. The van der Waals surface area contributed by atoms with Crippen molar-refractivity contribution in [1.29, 1.82) is 0 Å². The molecule has 2 atom stereocenters. The fourth-order valence-electron chi connectivity index (χ4n) is 4.59. The number of aliphatic carboxylic acids is 2. The van der Waals surface area contributed by atoms with Crippen LogP contribution in [0.2, 0.25) is 0 Å². The Labute approximate surface area is 224 Å². The van der Waals surface area contributed by atoms with Crippen molar-refractivity contribution in [3.05, 3.63) is 54.5 Å². The molecule has 0 unspecified atom stereocenters. The molecule has 1 aromatic carbocycles. The van der Waals surface area contributed by atoms with Crippen LogP contribution in [0.3, 0.4) is 0 Å². The van der Waals surface area contributed by atoms with Crippen molar-refractivity contribution in [2.45, 2.75) is 31.6 Å². The van der Waals surface area contributed by atoms with Gasteiger partial charge in [-0.2, -0.15) is 0 Å². The van der Waals surface area contributed by atoms with Gasteiger partial charge in [0.2, 0.25) is 0 Å². The summed E-state index contributed by atoms with van der Waals surface area (Å²) in [7, 11) is 0. The molecule has 0 saturated carbocycles. The Morgan fingerprint density at radius 1 is 0.821 bits per heavy atom. The molecule has 13 heteroatoms. The van der Waals surface area contributed by atoms with Crippen LogP contribution in [0.1, 0.15) is 18.7 Å². The number of carbonyl (C=O) groups excluding carboxylic acids is 1. The fourth-order valence-corrected chi connectivity index (χ4v) is 4.59. The minimum Gasteiger partial charge on any atom is -0.479 e. The molecule has 3 aromatic rings. The monoisotopic (exact) mass is 540 g/mol. The van der Waals surface area contributed by atoms with Crippen molar-refractivity contribution in [2.24, 2.45) is 0 Å². The summed E-state index contributed by atoms with van der Waals surface area (Å²) in [5, 5.41) is 32.5. The molecule has 0 bridgehead atoms. The van der Waals surface area contributed by atoms with Gasteiger partial charge >= 0.3 is 18.0 Å². The van der Waals surface area contributed by atoms with Gasteiger partial charge in [-0.05, 0) is 37.1 Å². The zero-order valence-corrected chi connectivity index (χ0v) is 21.3. The lowest BCUT2D eigenvalue weighted by Crippen LogP contribution is -2.46. The minimum atomic E-state index is -2.27. The predicted molar refractivity (Wildman–Crippen MR) is 140 cm³/mol. The van der Waals surface area contributed by atoms with Crippen molar-refractivity contribution >= 4 is 34.8 Å². The van der Waals surface area contributed by atoms with E-state index in [0.29, 0.717) is 6.54 Å². The maximum atomic E-state index is 13.2. The molecule has 208 valence electrons. The second-order valence-electron chi connectivity index (χ2n) is 9.35. The zero-order valence-electron chi connectivity index (χ0n) is 21.3. The molecule has 2 saturated heterocycles. The van der Waals surface area contributed by atoms with Gasteiger partial charge in [-0.15, -0.1) is 0 Å². The number of piperazine rings is 1. The Hall–Kier alpha value is -4.07. The van der Waals surface area contributed by atoms with Crippen molar-refractivity contribution in [3.8, 4) is 0 Å². The smallest absolute Gasteiger partial charge is 0.335 e. The number of nitrogens with zero attached hydrogens (tertiary/aromatic N) is 6. The molecule has 2 aromatic heterocycles. The number of carboxylic acids is 2. The van der Waals surface area contributed by atoms with Crippen LogP contribution >= 0.6 is 0 Å². The number of aromatic nitrogens is 3. The van der Waals surface area contributed by atoms with E-state index in [4.69, 9.17) is 25.4 Å². The van der Waals surface area contributed by atoms with E-state index in [-0.39, 0.29) is 6.03 Å². The van der Waals surface area contributed by atoms with Gasteiger partial charge in [-0.3, -0.25) is 4.90 Å². The number of anilines is 1. The summed E-state index contributed by atoms with van der Waals surface area (Å²) < 4.78 is 1.84. The summed E-state index contributed by atoms with van der Waals surface area (Å²) in [4.78, 5) is 48.7. The zero-order chi connectivity index (χ0) is 27.9. The number of rotatable bonds is 6. The van der Waals surface area contributed by atoms with Gasteiger partial charge in [0.05, 0.1) is 17.6 Å². The number of aliphatic hydroxyl groups excluding tert-OH is 2. The number of carbonyl (C=O) groups is 3. The molecular weight excluding hydrogens is 508 g/mol. The van der Waals surface area contributed by atoms with Crippen molar-refractivity contribution in [3.63, 3.8) is 0 Å². The number of hydrogen-bond donors (Lipinski definition) is 4. The molecule has 4 heterocycles. The number of aliphatic hydroxyl groups is 2. The van der Waals surface area contributed by atoms with Gasteiger partial charge in [-0.1, -0.05) is 18.2 Å². The normalized spacial score (nSPS) is 17.4. The first-order valence-corrected chi connectivity index (χ1v) is 12.7. The summed E-state index contributed by atoms with van der Waals surface area (Å²) >= 11 is 0. The molecule has 0 aliphatic carbocycles. The van der Waals surface area contributed by atoms with Gasteiger partial charge in [0.25, 0.3) is 0 Å². The van der Waals surface area contributed by atoms with E-state index in [2.05, 4.69) is 20.9 Å². The Bertz CT molecular complexity index is 1270. The molecule has 1 amide bonds. The summed E-state index contributed by atoms with van der Waals surface area (Å²) in [6.07, 6.45) is -0.518. The Kier molecular flexibility index (Phi) is 9.07. The average molecular weight is 541 g/mol. The standard InChI is InChI=1S/C22H26N6O.C4H6O6/c29-22(27-11-5-6-12-27)28-19-8-2-1-7-18(19)24-21(28)17-25-13-15-26(16-14-25)20-9-3-4-10-23-20;5-1(3(7)8)2(6)4(9)10/h1-4,7-10H,5-6,11-17H2;1-2,5-6H,(H,7,8)(H,9,10)/t;1-,2-/m.1/s1. The number of hydrogen-bond acceptors (Lipinski definition) is 9. The lowest BCUT2D eigenvalue weighted by molar-refractivity contribution is -0.165. The second-order valence-corrected chi connectivity index (χ2v) is 9.35. The number of likely N-dealkylation sites (tertiary alicyclic amines) is 1. The number of imidazole rings is 1. The highest BCUT2D eigenvalue weighted by atomic mass is 16.4. The number of benzene rings is 1. The van der Waals surface area contributed by atoms with Gasteiger partial charge in [0.15, 0.2) is 12.2 Å². The summed E-state index contributed by atoms with van der Waals surface area (Å²) in [5.41, 5.74) is 1.80. The van der Waals surface area contributed by atoms with Crippen LogP contribution in [0.25, 0.3) is 11.0 Å². The van der Waals surface area contributed by atoms with E-state index < -0.39 is 24.1 Å². The lowest BCUT2D eigenvalue weighted by atomic mass is 10.2. The minimum absolute atomic E-state index is 0.0679. The van der Waals surface area contributed by atoms with E-state index in [0.717, 1.165) is 74.8 Å². The average Bonchev–Trinajstić information content (AvgIpc) is 3.61. The maximum absolute atomic E-state index is 13.2. The van der Waals surface area contributed by atoms with Crippen molar-refractivity contribution < 1.29 is 34.8 Å². The highest BCUT2D eigenvalue weighted by Crippen LogP contribution is 2.21. The third-order valence-corrected chi connectivity index (χ3v) is 6.71. The van der Waals surface area contributed by atoms with Crippen LogP contribution in [0, 0.1) is 0 Å². The van der Waals surface area contributed by atoms with Gasteiger partial charge < -0.3 is 30.2 Å². The number of pyridine rings is 1. The Balaban J connectivity index is 0.000000303. The molecule has 13 nitrogen and oxygen atoms in total. The van der Waals surface area contributed by atoms with Crippen LogP contribution in [-0.4, -0.2) is 114 Å². The molecule has 0 radical (unpaired) electrons. The first-order valence-electron chi connectivity index (χ1n) is 12.7. The summed E-state index contributed by atoms with van der Waals surface area (Å²) in [6, 6.07) is 14.1. The van der Waals surface area contributed by atoms with Crippen molar-refractivity contribution in [1.82, 2.24) is 24.3 Å². The van der Waals surface area contributed by atoms with E-state index in [1.807, 2.05) is 52.1 Å². The Morgan fingerprint density at radius 2 is 1.44 bits per heavy atom. The Morgan fingerprint density at radius 3 is 2.03 bits per heavy atom. The van der Waals surface area contributed by atoms with Gasteiger partial charge in [0.1, 0.15) is 11.6 Å². The lowest BCUT2D eigenvalue weighted by Gasteiger charge is -2.35. The molecule has 39 heavy (non-hydrogen) atoms. The highest BCUT2D eigenvalue weighted by Gasteiger charge is 2.29. The quantitative estimate of drug-likeness (QED) is 0.347. The highest BCUT2D eigenvalue weighted by molar-refractivity contribution is 5.90. The number of fused-ring (bicyclic) bond motifs is 1. The maximum Gasteiger partial charge on any atom is 0.335 e. The third-order valence-electron chi connectivity index (χ3n) is 6.71. The van der Waals surface area contributed by atoms with E-state index >= 15 is 0 Å². The second kappa shape index (κ2) is 12.7. The van der Waals surface area contributed by atoms with Crippen LogP contribution < -0.4 is 4.90 Å². The van der Waals surface area contributed by atoms with Crippen LogP contribution in [0.4, 0.5) is 10.6 Å². The molecule has 2 fully saturated rings. The van der Waals surface area contributed by atoms with Gasteiger partial charge in [0, 0.05) is 45.5 Å². The van der Waals surface area contributed by atoms with Gasteiger partial charge in [-0.25, -0.2) is 28.9 Å². The van der Waals surface area contributed by atoms with E-state index in [1.165, 1.54) is 0 Å². The first-order chi connectivity index (χ1) is 18.8. The van der Waals surface area contributed by atoms with Crippen LogP contribution in [0.5, 0.6) is 0 Å². The molecule has 0 spiro atoms. The summed E-state index contributed by atoms with van der Waals surface area (Å²) in [5.74, 6) is -1.66. The topological polar surface area (TPSA) is 173 Å². The van der Waals surface area contributed by atoms with Crippen molar-refractivity contribution in [2.75, 3.05) is 44.2 Å². The molecular formula is C26H32N6O7. The SMILES string of the molecule is O=C(N1CCCC1)n1c(CN2CCN(c3ccccn3)CC2)nc2ccccc21.O=C(O)[C@H](O)[C@@H](O)C(=O)O. The largest absolute Gasteiger partial charge is 0.479 e. The molecule has 2 aliphatic rings. The number of para-hydroxylation sites is 2. The number of amides is 1. The van der Waals surface area contributed by atoms with Crippen LogP contribution in [-0.2, 0) is 16.1 Å². The predicted octanol–water partition coefficient (Wildman–Crippen LogP) is 0.695. The first kappa shape index (κ1) is 28.0. The third kappa shape index (κ3) is 6.69. The molecule has 4 N–H and O–H groups in total. The number of carboxylic acid groups (broad SMARTS) is 2.